The van der Waals surface area contributed by atoms with E-state index in [0.717, 1.165) is 0 Å². The first kappa shape index (κ1) is 17.1. The van der Waals surface area contributed by atoms with Gasteiger partial charge in [-0.25, -0.2) is 4.98 Å². The molecule has 0 aliphatic heterocycles. The minimum atomic E-state index is -0.296. The zero-order chi connectivity index (χ0) is 18.8. The second kappa shape index (κ2) is 7.10. The van der Waals surface area contributed by atoms with Gasteiger partial charge in [-0.1, -0.05) is 24.3 Å². The number of aromatic nitrogens is 3. The van der Waals surface area contributed by atoms with Crippen LogP contribution in [-0.4, -0.2) is 32.8 Å². The van der Waals surface area contributed by atoms with Crippen LogP contribution in [0.15, 0.2) is 66.3 Å². The van der Waals surface area contributed by atoms with Gasteiger partial charge >= 0.3 is 0 Å². The Morgan fingerprint density at radius 3 is 2.63 bits per heavy atom. The van der Waals surface area contributed by atoms with E-state index in [2.05, 4.69) is 10.1 Å². The molecule has 27 heavy (non-hydrogen) atoms. The number of nitrogens with zero attached hydrogens (tertiary/aromatic N) is 4. The predicted octanol–water partition coefficient (Wildman–Crippen LogP) is 2.65. The van der Waals surface area contributed by atoms with E-state index in [4.69, 9.17) is 5.73 Å². The second-order valence-corrected chi connectivity index (χ2v) is 6.62. The quantitative estimate of drug-likeness (QED) is 0.540. The second-order valence-electron chi connectivity index (χ2n) is 5.67. The maximum Gasteiger partial charge on any atom is 0.246 e. The van der Waals surface area contributed by atoms with Crippen molar-refractivity contribution in [3.8, 4) is 0 Å². The minimum Gasteiger partial charge on any atom is -0.322 e. The van der Waals surface area contributed by atoms with Crippen molar-refractivity contribution in [3.63, 3.8) is 0 Å². The van der Waals surface area contributed by atoms with Crippen LogP contribution in [0, 0.1) is 0 Å². The Balaban J connectivity index is 1.87. The fraction of sp³-hybridized carbons (Fsp3) is 0.0526. The molecule has 3 aromatic heterocycles. The summed E-state index contributed by atoms with van der Waals surface area (Å²) in [6.07, 6.45) is 3.03. The number of amides is 1. The molecule has 0 aliphatic rings. The minimum absolute atomic E-state index is 0.152. The molecule has 0 radical (unpaired) electrons. The van der Waals surface area contributed by atoms with Crippen molar-refractivity contribution in [2.24, 2.45) is 5.73 Å². The van der Waals surface area contributed by atoms with Gasteiger partial charge in [0.2, 0.25) is 11.7 Å². The van der Waals surface area contributed by atoms with Gasteiger partial charge in [0.25, 0.3) is 0 Å². The first-order chi connectivity index (χ1) is 13.2. The average Bonchev–Trinajstić information content (AvgIpc) is 3.39. The highest BCUT2D eigenvalue weighted by Crippen LogP contribution is 2.27. The zero-order valence-corrected chi connectivity index (χ0v) is 15.0. The molecule has 8 heteroatoms. The van der Waals surface area contributed by atoms with E-state index in [9.17, 15) is 9.59 Å². The third kappa shape index (κ3) is 3.01. The highest BCUT2D eigenvalue weighted by Gasteiger charge is 2.23. The van der Waals surface area contributed by atoms with Crippen LogP contribution in [0.3, 0.4) is 0 Å². The molecule has 0 unspecified atom stereocenters. The molecule has 134 valence electrons. The summed E-state index contributed by atoms with van der Waals surface area (Å²) in [5.41, 5.74) is 7.04. The summed E-state index contributed by atoms with van der Waals surface area (Å²) in [6.45, 7) is -0.166. The predicted molar refractivity (Wildman–Crippen MR) is 103 cm³/mol. The Bertz CT molecular complexity index is 1110. The maximum absolute atomic E-state index is 12.7. The topological polar surface area (TPSA) is 93.6 Å². The Labute approximate surface area is 158 Å². The van der Waals surface area contributed by atoms with Crippen LogP contribution in [0.5, 0.6) is 0 Å². The standard InChI is InChI=1S/C19H15N5O2S/c20-11-17(25)23(13-5-2-1-3-6-13)16-8-9-21-19-14(12-22-24(16)19)18(26)15-7-4-10-27-15/h1-10,12H,11,20H2. The number of anilines is 2. The number of carbonyl (C=O) groups is 2. The van der Waals surface area contributed by atoms with E-state index >= 15 is 0 Å². The first-order valence-corrected chi connectivity index (χ1v) is 9.07. The largest absolute Gasteiger partial charge is 0.322 e. The Morgan fingerprint density at radius 2 is 1.93 bits per heavy atom. The van der Waals surface area contributed by atoms with Crippen LogP contribution >= 0.6 is 11.3 Å². The molecule has 0 bridgehead atoms. The number of para-hydroxylation sites is 1. The van der Waals surface area contributed by atoms with E-state index in [1.165, 1.54) is 26.9 Å². The van der Waals surface area contributed by atoms with Crippen molar-refractivity contribution in [3.05, 3.63) is 76.7 Å². The van der Waals surface area contributed by atoms with Gasteiger partial charge in [0.15, 0.2) is 5.65 Å². The molecule has 0 spiro atoms. The summed E-state index contributed by atoms with van der Waals surface area (Å²) in [5, 5.41) is 6.16. The monoisotopic (exact) mass is 377 g/mol. The van der Waals surface area contributed by atoms with Gasteiger partial charge in [0.05, 0.1) is 28.9 Å². The summed E-state index contributed by atoms with van der Waals surface area (Å²) >= 11 is 1.36. The van der Waals surface area contributed by atoms with Crippen LogP contribution in [-0.2, 0) is 4.79 Å². The van der Waals surface area contributed by atoms with E-state index in [-0.39, 0.29) is 18.2 Å². The molecule has 4 rings (SSSR count). The smallest absolute Gasteiger partial charge is 0.246 e. The Hall–Kier alpha value is -3.36. The molecular weight excluding hydrogens is 362 g/mol. The summed E-state index contributed by atoms with van der Waals surface area (Å²) in [7, 11) is 0. The number of nitrogens with two attached hydrogens (primary N) is 1. The summed E-state index contributed by atoms with van der Waals surface area (Å²) in [5.74, 6) is 0.0169. The molecule has 0 saturated carbocycles. The number of hydrogen-bond donors (Lipinski definition) is 1. The molecule has 2 N–H and O–H groups in total. The van der Waals surface area contributed by atoms with Gasteiger partial charge in [-0.15, -0.1) is 11.3 Å². The van der Waals surface area contributed by atoms with Crippen LogP contribution in [0.25, 0.3) is 5.65 Å². The average molecular weight is 377 g/mol. The molecule has 1 amide bonds. The number of fused-ring (bicyclic) bond motifs is 1. The van der Waals surface area contributed by atoms with Gasteiger partial charge in [-0.3, -0.25) is 14.5 Å². The molecule has 7 nitrogen and oxygen atoms in total. The Morgan fingerprint density at radius 1 is 1.11 bits per heavy atom. The number of ketones is 1. The first-order valence-electron chi connectivity index (χ1n) is 8.19. The fourth-order valence-electron chi connectivity index (χ4n) is 2.82. The lowest BCUT2D eigenvalue weighted by Crippen LogP contribution is -2.33. The van der Waals surface area contributed by atoms with Crippen molar-refractivity contribution < 1.29 is 9.59 Å². The van der Waals surface area contributed by atoms with Crippen LogP contribution < -0.4 is 10.6 Å². The summed E-state index contributed by atoms with van der Waals surface area (Å²) in [6, 6.07) is 14.4. The molecule has 3 heterocycles. The van der Waals surface area contributed by atoms with Gasteiger partial charge in [0.1, 0.15) is 5.82 Å². The van der Waals surface area contributed by atoms with Crippen molar-refractivity contribution >= 4 is 40.2 Å². The lowest BCUT2D eigenvalue weighted by Gasteiger charge is -2.22. The number of benzene rings is 1. The molecule has 0 saturated heterocycles. The highest BCUT2D eigenvalue weighted by molar-refractivity contribution is 7.12. The molecule has 0 fully saturated rings. The van der Waals surface area contributed by atoms with Crippen LogP contribution in [0.1, 0.15) is 15.2 Å². The van der Waals surface area contributed by atoms with E-state index in [1.807, 2.05) is 29.6 Å². The number of rotatable bonds is 5. The Kier molecular flexibility index (Phi) is 4.49. The van der Waals surface area contributed by atoms with Crippen molar-refractivity contribution in [2.75, 3.05) is 11.4 Å². The fourth-order valence-corrected chi connectivity index (χ4v) is 3.50. The number of hydrogen-bond acceptors (Lipinski definition) is 6. The van der Waals surface area contributed by atoms with Gasteiger partial charge < -0.3 is 5.73 Å². The van der Waals surface area contributed by atoms with Gasteiger partial charge in [0, 0.05) is 6.20 Å². The summed E-state index contributed by atoms with van der Waals surface area (Å²) in [4.78, 5) is 31.7. The third-order valence-corrected chi connectivity index (χ3v) is 4.91. The molecule has 4 aromatic rings. The maximum atomic E-state index is 12.7. The lowest BCUT2D eigenvalue weighted by molar-refractivity contribution is -0.116. The lowest BCUT2D eigenvalue weighted by atomic mass is 10.2. The summed E-state index contributed by atoms with van der Waals surface area (Å²) < 4.78 is 1.49. The molecule has 0 aliphatic carbocycles. The van der Waals surface area contributed by atoms with Gasteiger partial charge in [-0.05, 0) is 29.6 Å². The number of thiophene rings is 1. The van der Waals surface area contributed by atoms with Crippen LogP contribution in [0.4, 0.5) is 11.5 Å². The molecular formula is C19H15N5O2S. The molecule has 0 atom stereocenters. The molecule has 1 aromatic carbocycles. The van der Waals surface area contributed by atoms with Crippen molar-refractivity contribution in [1.29, 1.82) is 0 Å². The van der Waals surface area contributed by atoms with Crippen molar-refractivity contribution in [2.45, 2.75) is 0 Å². The van der Waals surface area contributed by atoms with E-state index in [1.54, 1.807) is 30.5 Å². The van der Waals surface area contributed by atoms with Crippen LogP contribution in [0.2, 0.25) is 0 Å². The third-order valence-electron chi connectivity index (χ3n) is 4.04. The normalized spacial score (nSPS) is 10.9. The number of carbonyl (C=O) groups excluding carboxylic acids is 2. The van der Waals surface area contributed by atoms with E-state index < -0.39 is 0 Å². The SMILES string of the molecule is NCC(=O)N(c1ccccc1)c1ccnc2c(C(=O)c3cccs3)cnn12. The van der Waals surface area contributed by atoms with Crippen molar-refractivity contribution in [1.82, 2.24) is 14.6 Å². The van der Waals surface area contributed by atoms with Gasteiger partial charge in [-0.2, -0.15) is 9.61 Å². The highest BCUT2D eigenvalue weighted by atomic mass is 32.1. The zero-order valence-electron chi connectivity index (χ0n) is 14.1. The van der Waals surface area contributed by atoms with E-state index in [0.29, 0.717) is 27.6 Å².